The highest BCUT2D eigenvalue weighted by Gasteiger charge is 2.24. The van der Waals surface area contributed by atoms with Crippen LogP contribution < -0.4 is 4.90 Å². The van der Waals surface area contributed by atoms with Gasteiger partial charge >= 0.3 is 5.97 Å². The predicted octanol–water partition coefficient (Wildman–Crippen LogP) is 3.92. The Hall–Kier alpha value is -1.36. The van der Waals surface area contributed by atoms with Crippen LogP contribution in [-0.4, -0.2) is 29.1 Å². The first-order chi connectivity index (χ1) is 9.88. The third-order valence-corrected chi connectivity index (χ3v) is 4.69. The average Bonchev–Trinajstić information content (AvgIpc) is 2.64. The summed E-state index contributed by atoms with van der Waals surface area (Å²) in [4.78, 5) is 18.9. The van der Waals surface area contributed by atoms with E-state index >= 15 is 0 Å². The van der Waals surface area contributed by atoms with Crippen molar-refractivity contribution < 1.29 is 9.90 Å². The van der Waals surface area contributed by atoms with E-state index in [0.29, 0.717) is 0 Å². The molecule has 1 aromatic rings. The molecule has 0 radical (unpaired) electrons. The maximum absolute atomic E-state index is 10.8. The van der Waals surface area contributed by atoms with Crippen molar-refractivity contribution in [2.45, 2.75) is 51.9 Å². The van der Waals surface area contributed by atoms with Gasteiger partial charge in [0, 0.05) is 24.6 Å². The molecule has 5 heteroatoms. The Kier molecular flexibility index (Phi) is 5.04. The normalized spacial score (nSPS) is 17.2. The van der Waals surface area contributed by atoms with E-state index in [9.17, 15) is 4.79 Å². The Morgan fingerprint density at radius 2 is 1.86 bits per heavy atom. The zero-order chi connectivity index (χ0) is 15.5. The first-order valence-corrected chi connectivity index (χ1v) is 8.37. The molecule has 1 aliphatic rings. The number of carbonyl (C=O) groups is 1. The SMILES string of the molecule is CC(C)(C)c1nc(N2CCCCCC2)sc1/C=C/C(=O)O. The summed E-state index contributed by atoms with van der Waals surface area (Å²) in [7, 11) is 0. The third-order valence-electron chi connectivity index (χ3n) is 3.61. The van der Waals surface area contributed by atoms with Gasteiger partial charge in [-0.3, -0.25) is 0 Å². The Labute approximate surface area is 130 Å². The third kappa shape index (κ3) is 4.30. The quantitative estimate of drug-likeness (QED) is 0.860. The maximum Gasteiger partial charge on any atom is 0.328 e. The molecule has 1 aromatic heterocycles. The van der Waals surface area contributed by atoms with Crippen molar-refractivity contribution >= 4 is 28.5 Å². The van der Waals surface area contributed by atoms with E-state index in [1.165, 1.54) is 31.8 Å². The molecule has 1 aliphatic heterocycles. The molecule has 4 nitrogen and oxygen atoms in total. The summed E-state index contributed by atoms with van der Waals surface area (Å²) in [6.45, 7) is 8.46. The minimum atomic E-state index is -0.917. The molecule has 2 rings (SSSR count). The minimum Gasteiger partial charge on any atom is -0.478 e. The summed E-state index contributed by atoms with van der Waals surface area (Å²) in [5.74, 6) is -0.917. The Bertz CT molecular complexity index is 521. The lowest BCUT2D eigenvalue weighted by Gasteiger charge is -2.19. The molecule has 0 bridgehead atoms. The number of aromatic nitrogens is 1. The fourth-order valence-electron chi connectivity index (χ4n) is 2.51. The number of rotatable bonds is 3. The number of carboxylic acids is 1. The summed E-state index contributed by atoms with van der Waals surface area (Å²) in [6.07, 6.45) is 7.89. The highest BCUT2D eigenvalue weighted by Crippen LogP contribution is 2.35. The van der Waals surface area contributed by atoms with Crippen molar-refractivity contribution in [3.8, 4) is 0 Å². The Balaban J connectivity index is 2.32. The fourth-order valence-corrected chi connectivity index (χ4v) is 3.74. The van der Waals surface area contributed by atoms with Gasteiger partial charge in [-0.2, -0.15) is 0 Å². The molecule has 2 heterocycles. The van der Waals surface area contributed by atoms with Gasteiger partial charge in [-0.15, -0.1) is 0 Å². The summed E-state index contributed by atoms with van der Waals surface area (Å²) < 4.78 is 0. The van der Waals surface area contributed by atoms with Crippen LogP contribution in [0.2, 0.25) is 0 Å². The topological polar surface area (TPSA) is 53.4 Å². The molecule has 0 aliphatic carbocycles. The monoisotopic (exact) mass is 308 g/mol. The molecule has 0 saturated carbocycles. The van der Waals surface area contributed by atoms with Gasteiger partial charge < -0.3 is 10.0 Å². The number of aliphatic carboxylic acids is 1. The van der Waals surface area contributed by atoms with Crippen molar-refractivity contribution in [2.24, 2.45) is 0 Å². The van der Waals surface area contributed by atoms with Gasteiger partial charge in [-0.1, -0.05) is 44.9 Å². The Morgan fingerprint density at radius 3 is 2.38 bits per heavy atom. The van der Waals surface area contributed by atoms with E-state index in [-0.39, 0.29) is 5.41 Å². The van der Waals surface area contributed by atoms with Crippen LogP contribution in [0.3, 0.4) is 0 Å². The van der Waals surface area contributed by atoms with Crippen LogP contribution >= 0.6 is 11.3 Å². The first kappa shape index (κ1) is 16.0. The van der Waals surface area contributed by atoms with Gasteiger partial charge in [-0.25, -0.2) is 9.78 Å². The number of carboxylic acid groups (broad SMARTS) is 1. The summed E-state index contributed by atoms with van der Waals surface area (Å²) in [5.41, 5.74) is 0.905. The highest BCUT2D eigenvalue weighted by atomic mass is 32.1. The van der Waals surface area contributed by atoms with Gasteiger partial charge in [0.1, 0.15) is 0 Å². The van der Waals surface area contributed by atoms with Crippen molar-refractivity contribution in [3.63, 3.8) is 0 Å². The average molecular weight is 308 g/mol. The second-order valence-corrected chi connectivity index (χ2v) is 7.54. The largest absolute Gasteiger partial charge is 0.478 e. The lowest BCUT2D eigenvalue weighted by molar-refractivity contribution is -0.131. The van der Waals surface area contributed by atoms with Crippen molar-refractivity contribution in [3.05, 3.63) is 16.6 Å². The van der Waals surface area contributed by atoms with Gasteiger partial charge in [0.25, 0.3) is 0 Å². The Morgan fingerprint density at radius 1 is 1.24 bits per heavy atom. The number of hydrogen-bond donors (Lipinski definition) is 1. The van der Waals surface area contributed by atoms with Gasteiger partial charge in [0.15, 0.2) is 5.13 Å². The maximum atomic E-state index is 10.8. The predicted molar refractivity (Wildman–Crippen MR) is 88.2 cm³/mol. The van der Waals surface area contributed by atoms with Gasteiger partial charge in [0.05, 0.1) is 10.6 Å². The van der Waals surface area contributed by atoms with Crippen molar-refractivity contribution in [1.82, 2.24) is 4.98 Å². The molecule has 0 amide bonds. The lowest BCUT2D eigenvalue weighted by atomic mass is 9.91. The molecular weight excluding hydrogens is 284 g/mol. The molecule has 116 valence electrons. The van der Waals surface area contributed by atoms with E-state index in [1.54, 1.807) is 17.4 Å². The number of nitrogens with zero attached hydrogens (tertiary/aromatic N) is 2. The van der Waals surface area contributed by atoms with Crippen LogP contribution in [0.15, 0.2) is 6.08 Å². The second kappa shape index (κ2) is 6.60. The summed E-state index contributed by atoms with van der Waals surface area (Å²) >= 11 is 1.61. The van der Waals surface area contributed by atoms with Gasteiger partial charge in [-0.05, 0) is 18.9 Å². The first-order valence-electron chi connectivity index (χ1n) is 7.55. The van der Waals surface area contributed by atoms with E-state index in [4.69, 9.17) is 10.1 Å². The van der Waals surface area contributed by atoms with Crippen LogP contribution in [-0.2, 0) is 10.2 Å². The molecule has 0 aromatic carbocycles. The molecule has 1 saturated heterocycles. The van der Waals surface area contributed by atoms with Crippen LogP contribution in [0, 0.1) is 0 Å². The number of hydrogen-bond acceptors (Lipinski definition) is 4. The second-order valence-electron chi connectivity index (χ2n) is 6.53. The number of thiazole rings is 1. The minimum absolute atomic E-state index is 0.0845. The standard InChI is InChI=1S/C16H24N2O2S/c1-16(2,3)14-12(8-9-13(19)20)21-15(17-14)18-10-6-4-5-7-11-18/h8-9H,4-7,10-11H2,1-3H3,(H,19,20)/b9-8+. The molecular formula is C16H24N2O2S. The molecule has 0 unspecified atom stereocenters. The zero-order valence-electron chi connectivity index (χ0n) is 13.1. The lowest BCUT2D eigenvalue weighted by Crippen LogP contribution is -2.24. The zero-order valence-corrected chi connectivity index (χ0v) is 13.9. The van der Waals surface area contributed by atoms with Crippen LogP contribution in [0.4, 0.5) is 5.13 Å². The molecule has 1 N–H and O–H groups in total. The van der Waals surface area contributed by atoms with Gasteiger partial charge in [0.2, 0.25) is 0 Å². The van der Waals surface area contributed by atoms with E-state index in [0.717, 1.165) is 28.8 Å². The van der Waals surface area contributed by atoms with Crippen LogP contribution in [0.5, 0.6) is 0 Å². The summed E-state index contributed by atoms with van der Waals surface area (Å²) in [6, 6.07) is 0. The van der Waals surface area contributed by atoms with E-state index in [1.807, 2.05) is 0 Å². The van der Waals surface area contributed by atoms with Crippen molar-refractivity contribution in [1.29, 1.82) is 0 Å². The van der Waals surface area contributed by atoms with E-state index in [2.05, 4.69) is 25.7 Å². The fraction of sp³-hybridized carbons (Fsp3) is 0.625. The molecule has 0 atom stereocenters. The number of anilines is 1. The van der Waals surface area contributed by atoms with Crippen LogP contribution in [0.25, 0.3) is 6.08 Å². The molecule has 1 fully saturated rings. The smallest absolute Gasteiger partial charge is 0.328 e. The van der Waals surface area contributed by atoms with Crippen LogP contribution in [0.1, 0.15) is 57.0 Å². The highest BCUT2D eigenvalue weighted by molar-refractivity contribution is 7.16. The summed E-state index contributed by atoms with van der Waals surface area (Å²) in [5, 5.41) is 9.88. The van der Waals surface area contributed by atoms with Crippen molar-refractivity contribution in [2.75, 3.05) is 18.0 Å². The van der Waals surface area contributed by atoms with E-state index < -0.39 is 5.97 Å². The molecule has 21 heavy (non-hydrogen) atoms. The molecule has 0 spiro atoms.